The van der Waals surface area contributed by atoms with Crippen LogP contribution in [0.15, 0.2) is 61.3 Å². The Bertz CT molecular complexity index is 1310. The lowest BCUT2D eigenvalue weighted by Gasteiger charge is -2.38. The second-order valence-electron chi connectivity index (χ2n) is 8.77. The SMILES string of the molecule is C=CC(=O)N1Cc2ccc(N3CC(C)C(F)(F)c4cnc(Nc5cccc(OC)c5)nc43)cc2C1. The van der Waals surface area contributed by atoms with Crippen molar-refractivity contribution in [2.75, 3.05) is 23.9 Å². The maximum Gasteiger partial charge on any atom is 0.282 e. The predicted molar refractivity (Wildman–Crippen MR) is 129 cm³/mol. The first-order chi connectivity index (χ1) is 16.8. The van der Waals surface area contributed by atoms with Crippen molar-refractivity contribution in [2.24, 2.45) is 5.92 Å². The number of amides is 1. The molecule has 1 N–H and O–H groups in total. The third kappa shape index (κ3) is 4.07. The first kappa shape index (κ1) is 22.8. The van der Waals surface area contributed by atoms with Gasteiger partial charge in [0, 0.05) is 49.2 Å². The number of anilines is 4. The highest BCUT2D eigenvalue weighted by atomic mass is 19.3. The molecule has 0 saturated heterocycles. The number of hydrogen-bond donors (Lipinski definition) is 1. The molecule has 2 aliphatic rings. The van der Waals surface area contributed by atoms with Gasteiger partial charge in [-0.15, -0.1) is 0 Å². The van der Waals surface area contributed by atoms with Crippen molar-refractivity contribution in [1.82, 2.24) is 14.9 Å². The highest BCUT2D eigenvalue weighted by molar-refractivity contribution is 5.87. The Balaban J connectivity index is 1.51. The molecular formula is C26H25F2N5O2. The number of benzene rings is 2. The summed E-state index contributed by atoms with van der Waals surface area (Å²) < 4.78 is 35.5. The summed E-state index contributed by atoms with van der Waals surface area (Å²) in [7, 11) is 1.57. The third-order valence-electron chi connectivity index (χ3n) is 6.49. The fourth-order valence-electron chi connectivity index (χ4n) is 4.51. The lowest BCUT2D eigenvalue weighted by Crippen LogP contribution is -2.41. The monoisotopic (exact) mass is 477 g/mol. The number of nitrogens with zero attached hydrogens (tertiary/aromatic N) is 4. The zero-order valence-electron chi connectivity index (χ0n) is 19.5. The summed E-state index contributed by atoms with van der Waals surface area (Å²) in [6, 6.07) is 13.0. The summed E-state index contributed by atoms with van der Waals surface area (Å²) in [6.45, 7) is 6.12. The highest BCUT2D eigenvalue weighted by Gasteiger charge is 2.47. The summed E-state index contributed by atoms with van der Waals surface area (Å²) in [5.41, 5.74) is 3.22. The number of alkyl halides is 2. The number of aromatic nitrogens is 2. The van der Waals surface area contributed by atoms with E-state index in [9.17, 15) is 4.79 Å². The maximum absolute atomic E-state index is 15.1. The molecule has 1 unspecified atom stereocenters. The van der Waals surface area contributed by atoms with Crippen LogP contribution in [-0.2, 0) is 23.8 Å². The first-order valence-corrected chi connectivity index (χ1v) is 11.3. The van der Waals surface area contributed by atoms with Crippen LogP contribution in [0, 0.1) is 5.92 Å². The minimum absolute atomic E-state index is 0.0870. The van der Waals surface area contributed by atoms with Crippen molar-refractivity contribution in [3.05, 3.63) is 78.0 Å². The second-order valence-corrected chi connectivity index (χ2v) is 8.77. The smallest absolute Gasteiger partial charge is 0.282 e. The van der Waals surface area contributed by atoms with Crippen LogP contribution in [0.2, 0.25) is 0 Å². The molecule has 0 aliphatic carbocycles. The minimum Gasteiger partial charge on any atom is -0.497 e. The zero-order chi connectivity index (χ0) is 24.7. The molecule has 0 saturated carbocycles. The van der Waals surface area contributed by atoms with Gasteiger partial charge < -0.3 is 19.9 Å². The summed E-state index contributed by atoms with van der Waals surface area (Å²) >= 11 is 0. The van der Waals surface area contributed by atoms with Crippen LogP contribution in [-0.4, -0.2) is 34.4 Å². The second kappa shape index (κ2) is 8.65. The number of carbonyl (C=O) groups is 1. The Kier molecular flexibility index (Phi) is 5.62. The average molecular weight is 478 g/mol. The molecule has 0 radical (unpaired) electrons. The number of rotatable bonds is 5. The lowest BCUT2D eigenvalue weighted by molar-refractivity contribution is -0.126. The van der Waals surface area contributed by atoms with Crippen molar-refractivity contribution in [2.45, 2.75) is 25.9 Å². The average Bonchev–Trinajstić information content (AvgIpc) is 3.29. The molecule has 5 rings (SSSR count). The molecular weight excluding hydrogens is 452 g/mol. The fourth-order valence-corrected chi connectivity index (χ4v) is 4.51. The van der Waals surface area contributed by atoms with Gasteiger partial charge in [0.05, 0.1) is 12.7 Å². The molecule has 3 heterocycles. The van der Waals surface area contributed by atoms with Crippen LogP contribution in [0.4, 0.5) is 31.9 Å². The standard InChI is InChI=1S/C26H25F2N5O2/c1-4-23(34)32-14-17-8-9-20(10-18(17)15-32)33-13-16(2)26(27,28)22-12-29-25(31-24(22)33)30-19-6-5-7-21(11-19)35-3/h4-12,16H,1,13-15H2,2-3H3,(H,29,30,31). The number of nitrogens with one attached hydrogen (secondary N) is 1. The van der Waals surface area contributed by atoms with E-state index in [0.29, 0.717) is 24.5 Å². The summed E-state index contributed by atoms with van der Waals surface area (Å²) in [4.78, 5) is 24.2. The molecule has 1 aromatic heterocycles. The number of carbonyl (C=O) groups excluding carboxylic acids is 1. The van der Waals surface area contributed by atoms with E-state index >= 15 is 8.78 Å². The number of fused-ring (bicyclic) bond motifs is 2. The fraction of sp³-hybridized carbons (Fsp3) is 0.269. The molecule has 1 amide bonds. The Morgan fingerprint density at radius 2 is 2.03 bits per heavy atom. The van der Waals surface area contributed by atoms with Gasteiger partial charge in [-0.05, 0) is 41.5 Å². The highest BCUT2D eigenvalue weighted by Crippen LogP contribution is 2.47. The quantitative estimate of drug-likeness (QED) is 0.514. The molecule has 0 fully saturated rings. The molecule has 9 heteroatoms. The largest absolute Gasteiger partial charge is 0.497 e. The minimum atomic E-state index is -3.07. The Labute approximate surface area is 202 Å². The number of hydrogen-bond acceptors (Lipinski definition) is 6. The van der Waals surface area contributed by atoms with Crippen LogP contribution in [0.25, 0.3) is 0 Å². The van der Waals surface area contributed by atoms with Gasteiger partial charge in [0.1, 0.15) is 11.6 Å². The van der Waals surface area contributed by atoms with Gasteiger partial charge in [0.2, 0.25) is 11.9 Å². The van der Waals surface area contributed by atoms with Crippen LogP contribution in [0.1, 0.15) is 23.6 Å². The molecule has 1 atom stereocenters. The Hall–Kier alpha value is -4.01. The van der Waals surface area contributed by atoms with Crippen molar-refractivity contribution in [3.8, 4) is 5.75 Å². The summed E-state index contributed by atoms with van der Waals surface area (Å²) in [5.74, 6) is -3.13. The Morgan fingerprint density at radius 1 is 1.23 bits per heavy atom. The van der Waals surface area contributed by atoms with Crippen molar-refractivity contribution in [3.63, 3.8) is 0 Å². The van der Waals surface area contributed by atoms with Gasteiger partial charge >= 0.3 is 0 Å². The molecule has 7 nitrogen and oxygen atoms in total. The molecule has 35 heavy (non-hydrogen) atoms. The predicted octanol–water partition coefficient (Wildman–Crippen LogP) is 5.14. The molecule has 3 aromatic rings. The first-order valence-electron chi connectivity index (χ1n) is 11.3. The number of halogens is 2. The van der Waals surface area contributed by atoms with E-state index in [1.165, 1.54) is 19.2 Å². The topological polar surface area (TPSA) is 70.6 Å². The summed E-state index contributed by atoms with van der Waals surface area (Å²) in [6.07, 6.45) is 2.50. The van der Waals surface area contributed by atoms with Gasteiger partial charge in [-0.1, -0.05) is 25.6 Å². The number of ether oxygens (including phenoxy) is 1. The van der Waals surface area contributed by atoms with Crippen molar-refractivity contribution >= 4 is 29.0 Å². The van der Waals surface area contributed by atoms with E-state index in [-0.39, 0.29) is 29.8 Å². The molecule has 2 aromatic carbocycles. The lowest BCUT2D eigenvalue weighted by atomic mass is 9.92. The zero-order valence-corrected chi connectivity index (χ0v) is 19.5. The van der Waals surface area contributed by atoms with E-state index in [0.717, 1.165) is 16.8 Å². The Morgan fingerprint density at radius 3 is 2.80 bits per heavy atom. The molecule has 0 spiro atoms. The van der Waals surface area contributed by atoms with Gasteiger partial charge in [-0.25, -0.2) is 13.8 Å². The molecule has 180 valence electrons. The summed E-state index contributed by atoms with van der Waals surface area (Å²) in [5, 5.41) is 3.08. The number of methoxy groups -OCH3 is 1. The van der Waals surface area contributed by atoms with Crippen LogP contribution in [0.3, 0.4) is 0 Å². The van der Waals surface area contributed by atoms with E-state index in [2.05, 4.69) is 21.9 Å². The van der Waals surface area contributed by atoms with E-state index < -0.39 is 11.8 Å². The van der Waals surface area contributed by atoms with Crippen LogP contribution >= 0.6 is 0 Å². The third-order valence-corrected chi connectivity index (χ3v) is 6.49. The van der Waals surface area contributed by atoms with Crippen molar-refractivity contribution < 1.29 is 18.3 Å². The van der Waals surface area contributed by atoms with Gasteiger partial charge in [0.15, 0.2) is 0 Å². The van der Waals surface area contributed by atoms with Gasteiger partial charge in [-0.3, -0.25) is 4.79 Å². The van der Waals surface area contributed by atoms with Gasteiger partial charge in [0.25, 0.3) is 5.92 Å². The van der Waals surface area contributed by atoms with Crippen molar-refractivity contribution in [1.29, 1.82) is 0 Å². The van der Waals surface area contributed by atoms with E-state index in [4.69, 9.17) is 4.74 Å². The van der Waals surface area contributed by atoms with Crippen LogP contribution < -0.4 is 15.0 Å². The molecule has 2 aliphatic heterocycles. The van der Waals surface area contributed by atoms with E-state index in [1.54, 1.807) is 29.0 Å². The normalized spacial score (nSPS) is 18.0. The maximum atomic E-state index is 15.1. The van der Waals surface area contributed by atoms with Crippen LogP contribution in [0.5, 0.6) is 5.75 Å². The van der Waals surface area contributed by atoms with E-state index in [1.807, 2.05) is 30.3 Å². The van der Waals surface area contributed by atoms with Gasteiger partial charge in [-0.2, -0.15) is 4.98 Å². The molecule has 0 bridgehead atoms.